The molecule has 0 fully saturated rings. The summed E-state index contributed by atoms with van der Waals surface area (Å²) < 4.78 is 0. The lowest BCUT2D eigenvalue weighted by Crippen LogP contribution is -2.22. The van der Waals surface area contributed by atoms with Gasteiger partial charge in [-0.2, -0.15) is 0 Å². The largest absolute Gasteiger partial charge is 0.370 e. The third kappa shape index (κ3) is 4.35. The third-order valence-electron chi connectivity index (χ3n) is 3.41. The normalized spacial score (nSPS) is 11.5. The number of nitrogens with zero attached hydrogens (tertiary/aromatic N) is 1. The molecule has 0 bridgehead atoms. The molecule has 2 rings (SSSR count). The molecule has 2 aromatic carbocycles. The number of guanidine groups is 1. The van der Waals surface area contributed by atoms with Crippen molar-refractivity contribution in [1.82, 2.24) is 0 Å². The zero-order chi connectivity index (χ0) is 15.2. The Hall–Kier alpha value is -2.29. The molecule has 110 valence electrons. The Kier molecular flexibility index (Phi) is 4.99. The maximum Gasteiger partial charge on any atom is 0.193 e. The molecule has 0 atom stereocenters. The molecular weight excluding hydrogens is 258 g/mol. The summed E-state index contributed by atoms with van der Waals surface area (Å²) >= 11 is 0. The van der Waals surface area contributed by atoms with E-state index in [-0.39, 0.29) is 0 Å². The SMILES string of the molecule is CCc1ccccc1CN=C(N)Nc1cc(C)cc(C)c1. The molecule has 3 nitrogen and oxygen atoms in total. The molecule has 3 heteroatoms. The van der Waals surface area contributed by atoms with Crippen LogP contribution in [-0.2, 0) is 13.0 Å². The zero-order valence-corrected chi connectivity index (χ0v) is 13.0. The van der Waals surface area contributed by atoms with Gasteiger partial charge in [-0.05, 0) is 54.7 Å². The number of nitrogens with two attached hydrogens (primary N) is 1. The molecule has 0 amide bonds. The molecule has 0 aromatic heterocycles. The highest BCUT2D eigenvalue weighted by atomic mass is 15.1. The molecule has 0 saturated heterocycles. The summed E-state index contributed by atoms with van der Waals surface area (Å²) in [6.07, 6.45) is 1.01. The van der Waals surface area contributed by atoms with Crippen molar-refractivity contribution in [3.8, 4) is 0 Å². The lowest BCUT2D eigenvalue weighted by molar-refractivity contribution is 0.998. The average Bonchev–Trinajstić information content (AvgIpc) is 2.44. The van der Waals surface area contributed by atoms with Gasteiger partial charge in [0.25, 0.3) is 0 Å². The summed E-state index contributed by atoms with van der Waals surface area (Å²) in [5, 5.41) is 3.16. The molecule has 0 unspecified atom stereocenters. The Morgan fingerprint density at radius 3 is 2.29 bits per heavy atom. The minimum atomic E-state index is 0.450. The fourth-order valence-corrected chi connectivity index (χ4v) is 2.46. The van der Waals surface area contributed by atoms with Crippen LogP contribution >= 0.6 is 0 Å². The number of aliphatic imine (C=N–C) groups is 1. The van der Waals surface area contributed by atoms with Crippen LogP contribution < -0.4 is 11.1 Å². The first kappa shape index (κ1) is 15.1. The highest BCUT2D eigenvalue weighted by Crippen LogP contribution is 2.14. The molecular formula is C18H23N3. The Morgan fingerprint density at radius 1 is 1.05 bits per heavy atom. The van der Waals surface area contributed by atoms with Gasteiger partial charge in [0.1, 0.15) is 0 Å². The molecule has 0 aliphatic carbocycles. The summed E-state index contributed by atoms with van der Waals surface area (Å²) in [5.41, 5.74) is 11.9. The van der Waals surface area contributed by atoms with Crippen molar-refractivity contribution in [2.75, 3.05) is 5.32 Å². The standard InChI is InChI=1S/C18H23N3/c1-4-15-7-5-6-8-16(15)12-20-18(19)21-17-10-13(2)9-14(3)11-17/h5-11H,4,12H2,1-3H3,(H3,19,20,21). The summed E-state index contributed by atoms with van der Waals surface area (Å²) in [5.74, 6) is 0.450. The van der Waals surface area contributed by atoms with Gasteiger partial charge in [0.15, 0.2) is 5.96 Å². The molecule has 0 spiro atoms. The average molecular weight is 281 g/mol. The van der Waals surface area contributed by atoms with E-state index in [1.165, 1.54) is 22.3 Å². The van der Waals surface area contributed by atoms with E-state index in [4.69, 9.17) is 5.73 Å². The summed E-state index contributed by atoms with van der Waals surface area (Å²) in [4.78, 5) is 4.44. The molecule has 21 heavy (non-hydrogen) atoms. The zero-order valence-electron chi connectivity index (χ0n) is 13.0. The Morgan fingerprint density at radius 2 is 1.67 bits per heavy atom. The van der Waals surface area contributed by atoms with Gasteiger partial charge in [0.05, 0.1) is 6.54 Å². The van der Waals surface area contributed by atoms with Gasteiger partial charge in [-0.3, -0.25) is 0 Å². The molecule has 0 saturated carbocycles. The van der Waals surface area contributed by atoms with Crippen LogP contribution in [0.3, 0.4) is 0 Å². The quantitative estimate of drug-likeness (QED) is 0.661. The molecule has 3 N–H and O–H groups in total. The van der Waals surface area contributed by atoms with Crippen molar-refractivity contribution < 1.29 is 0 Å². The van der Waals surface area contributed by atoms with Crippen LogP contribution in [0.2, 0.25) is 0 Å². The molecule has 0 aliphatic rings. The van der Waals surface area contributed by atoms with E-state index in [2.05, 4.69) is 67.5 Å². The van der Waals surface area contributed by atoms with Crippen LogP contribution in [0.1, 0.15) is 29.2 Å². The number of hydrogen-bond acceptors (Lipinski definition) is 1. The second-order valence-corrected chi connectivity index (χ2v) is 5.33. The number of benzene rings is 2. The van der Waals surface area contributed by atoms with Crippen molar-refractivity contribution >= 4 is 11.6 Å². The van der Waals surface area contributed by atoms with Gasteiger partial charge in [0.2, 0.25) is 0 Å². The van der Waals surface area contributed by atoms with E-state index in [1.54, 1.807) is 0 Å². The summed E-state index contributed by atoms with van der Waals surface area (Å²) in [7, 11) is 0. The highest BCUT2D eigenvalue weighted by molar-refractivity contribution is 5.92. The second-order valence-electron chi connectivity index (χ2n) is 5.33. The lowest BCUT2D eigenvalue weighted by atomic mass is 10.1. The maximum atomic E-state index is 5.98. The van der Waals surface area contributed by atoms with Crippen LogP contribution in [0.15, 0.2) is 47.5 Å². The smallest absolute Gasteiger partial charge is 0.193 e. The van der Waals surface area contributed by atoms with Gasteiger partial charge in [-0.25, -0.2) is 4.99 Å². The van der Waals surface area contributed by atoms with Crippen molar-refractivity contribution in [2.24, 2.45) is 10.7 Å². The van der Waals surface area contributed by atoms with E-state index in [1.807, 2.05) is 6.07 Å². The first-order valence-electron chi connectivity index (χ1n) is 7.30. The number of nitrogens with one attached hydrogen (secondary N) is 1. The first-order chi connectivity index (χ1) is 10.1. The predicted molar refractivity (Wildman–Crippen MR) is 90.7 cm³/mol. The van der Waals surface area contributed by atoms with Crippen LogP contribution in [0.25, 0.3) is 0 Å². The number of anilines is 1. The van der Waals surface area contributed by atoms with Crippen molar-refractivity contribution in [3.05, 3.63) is 64.7 Å². The number of rotatable bonds is 4. The lowest BCUT2D eigenvalue weighted by Gasteiger charge is -2.09. The van der Waals surface area contributed by atoms with Gasteiger partial charge >= 0.3 is 0 Å². The second kappa shape index (κ2) is 6.93. The van der Waals surface area contributed by atoms with E-state index in [9.17, 15) is 0 Å². The monoisotopic (exact) mass is 281 g/mol. The van der Waals surface area contributed by atoms with Crippen molar-refractivity contribution in [2.45, 2.75) is 33.7 Å². The van der Waals surface area contributed by atoms with Crippen LogP contribution in [0, 0.1) is 13.8 Å². The molecule has 2 aromatic rings. The van der Waals surface area contributed by atoms with Gasteiger partial charge in [0, 0.05) is 5.69 Å². The fraction of sp³-hybridized carbons (Fsp3) is 0.278. The topological polar surface area (TPSA) is 50.4 Å². The predicted octanol–water partition coefficient (Wildman–Crippen LogP) is 3.79. The summed E-state index contributed by atoms with van der Waals surface area (Å²) in [6.45, 7) is 6.90. The van der Waals surface area contributed by atoms with E-state index in [0.717, 1.165) is 12.1 Å². The minimum absolute atomic E-state index is 0.450. The summed E-state index contributed by atoms with van der Waals surface area (Å²) in [6, 6.07) is 14.6. The van der Waals surface area contributed by atoms with Crippen molar-refractivity contribution in [3.63, 3.8) is 0 Å². The van der Waals surface area contributed by atoms with E-state index >= 15 is 0 Å². The van der Waals surface area contributed by atoms with Gasteiger partial charge in [-0.1, -0.05) is 37.3 Å². The van der Waals surface area contributed by atoms with Crippen LogP contribution in [-0.4, -0.2) is 5.96 Å². The van der Waals surface area contributed by atoms with Crippen LogP contribution in [0.4, 0.5) is 5.69 Å². The third-order valence-corrected chi connectivity index (χ3v) is 3.41. The maximum absolute atomic E-state index is 5.98. The molecule has 0 aliphatic heterocycles. The minimum Gasteiger partial charge on any atom is -0.370 e. The highest BCUT2D eigenvalue weighted by Gasteiger charge is 2.00. The molecule has 0 heterocycles. The van der Waals surface area contributed by atoms with Crippen molar-refractivity contribution in [1.29, 1.82) is 0 Å². The van der Waals surface area contributed by atoms with Crippen LogP contribution in [0.5, 0.6) is 0 Å². The first-order valence-corrected chi connectivity index (χ1v) is 7.30. The molecule has 0 radical (unpaired) electrons. The van der Waals surface area contributed by atoms with E-state index in [0.29, 0.717) is 12.5 Å². The Bertz CT molecular complexity index is 624. The number of aryl methyl sites for hydroxylation is 3. The number of hydrogen-bond donors (Lipinski definition) is 2. The Balaban J connectivity index is 2.07. The Labute approximate surface area is 126 Å². The fourth-order valence-electron chi connectivity index (χ4n) is 2.46. The van der Waals surface area contributed by atoms with Gasteiger partial charge in [-0.15, -0.1) is 0 Å². The van der Waals surface area contributed by atoms with E-state index < -0.39 is 0 Å². The van der Waals surface area contributed by atoms with Gasteiger partial charge < -0.3 is 11.1 Å².